The number of sulfonamides is 1. The monoisotopic (exact) mass is 515 g/mol. The van der Waals surface area contributed by atoms with E-state index in [1.54, 1.807) is 12.1 Å². The van der Waals surface area contributed by atoms with Gasteiger partial charge in [-0.2, -0.15) is 13.2 Å². The lowest BCUT2D eigenvalue weighted by Gasteiger charge is -2.34. The lowest BCUT2D eigenvalue weighted by molar-refractivity contribution is -0.137. The Morgan fingerprint density at radius 3 is 2.39 bits per heavy atom. The van der Waals surface area contributed by atoms with Crippen molar-refractivity contribution in [3.63, 3.8) is 0 Å². The predicted molar refractivity (Wildman–Crippen MR) is 113 cm³/mol. The molecule has 0 radical (unpaired) electrons. The number of rotatable bonds is 3. The zero-order valence-corrected chi connectivity index (χ0v) is 19.0. The number of fused-ring (bicyclic) bond motifs is 1. The van der Waals surface area contributed by atoms with E-state index in [1.807, 2.05) is 6.92 Å². The normalized spacial score (nSPS) is 26.7. The summed E-state index contributed by atoms with van der Waals surface area (Å²) in [5, 5.41) is 0. The van der Waals surface area contributed by atoms with Crippen LogP contribution in [0.25, 0.3) is 0 Å². The predicted octanol–water partition coefficient (Wildman–Crippen LogP) is 5.26. The van der Waals surface area contributed by atoms with E-state index in [9.17, 15) is 26.4 Å². The van der Waals surface area contributed by atoms with Gasteiger partial charge in [-0.25, -0.2) is 12.7 Å². The Balaban J connectivity index is 1.81. The molecule has 9 heteroatoms. The lowest BCUT2D eigenvalue weighted by atomic mass is 9.76. The van der Waals surface area contributed by atoms with E-state index in [1.165, 1.54) is 24.3 Å². The highest BCUT2D eigenvalue weighted by atomic mass is 79.9. The van der Waals surface area contributed by atoms with Crippen LogP contribution in [0.1, 0.15) is 41.9 Å². The van der Waals surface area contributed by atoms with Crippen molar-refractivity contribution in [2.45, 2.75) is 54.0 Å². The van der Waals surface area contributed by atoms with Crippen molar-refractivity contribution < 1.29 is 26.4 Å². The summed E-state index contributed by atoms with van der Waals surface area (Å²) in [5.74, 6) is -2.07. The molecule has 2 aromatic carbocycles. The fourth-order valence-electron chi connectivity index (χ4n) is 4.71. The van der Waals surface area contributed by atoms with Crippen LogP contribution in [0.3, 0.4) is 0 Å². The summed E-state index contributed by atoms with van der Waals surface area (Å²) >= 11 is 3.58. The first-order valence-corrected chi connectivity index (χ1v) is 12.3. The number of aryl methyl sites for hydroxylation is 1. The molecule has 0 aromatic heterocycles. The van der Waals surface area contributed by atoms with E-state index in [-0.39, 0.29) is 15.3 Å². The number of carbonyl (C=O) groups is 1. The molecule has 0 spiro atoms. The number of hydrogen-bond acceptors (Lipinski definition) is 3. The van der Waals surface area contributed by atoms with Crippen molar-refractivity contribution in [2.24, 2.45) is 5.92 Å². The molecule has 0 bridgehead atoms. The molecule has 1 saturated heterocycles. The number of alkyl halides is 4. The van der Waals surface area contributed by atoms with Gasteiger partial charge in [0, 0.05) is 10.7 Å². The number of amides is 1. The van der Waals surface area contributed by atoms with Gasteiger partial charge in [0.05, 0.1) is 22.4 Å². The molecule has 1 aliphatic carbocycles. The molecule has 4 nitrogen and oxygen atoms in total. The van der Waals surface area contributed by atoms with Crippen LogP contribution in [0.2, 0.25) is 0 Å². The summed E-state index contributed by atoms with van der Waals surface area (Å²) in [7, 11) is -4.14. The minimum atomic E-state index is -4.55. The molecule has 0 N–H and O–H groups in total. The summed E-state index contributed by atoms with van der Waals surface area (Å²) < 4.78 is 67.6. The van der Waals surface area contributed by atoms with Crippen LogP contribution in [-0.2, 0) is 21.0 Å². The Bertz CT molecular complexity index is 1100. The topological polar surface area (TPSA) is 54.5 Å². The highest BCUT2D eigenvalue weighted by molar-refractivity contribution is 9.09. The maximum Gasteiger partial charge on any atom is 0.416 e. The van der Waals surface area contributed by atoms with Gasteiger partial charge in [-0.15, -0.1) is 0 Å². The molecule has 31 heavy (non-hydrogen) atoms. The number of benzene rings is 2. The van der Waals surface area contributed by atoms with Gasteiger partial charge in [-0.3, -0.25) is 4.79 Å². The molecule has 4 atom stereocenters. The van der Waals surface area contributed by atoms with Crippen LogP contribution in [0.5, 0.6) is 0 Å². The van der Waals surface area contributed by atoms with Crippen LogP contribution in [0.15, 0.2) is 53.4 Å². The van der Waals surface area contributed by atoms with E-state index < -0.39 is 45.5 Å². The SMILES string of the molecule is Cc1ccc(S(=O)(=O)N2C(=O)[C@H](c3cccc(C(F)(F)F)c3)[C@H]3[C@H](Br)CCC[C@H]32)cc1. The van der Waals surface area contributed by atoms with Crippen LogP contribution in [0, 0.1) is 12.8 Å². The Morgan fingerprint density at radius 1 is 1.06 bits per heavy atom. The zero-order valence-electron chi connectivity index (χ0n) is 16.6. The van der Waals surface area contributed by atoms with Crippen molar-refractivity contribution in [1.82, 2.24) is 4.31 Å². The van der Waals surface area contributed by atoms with E-state index in [4.69, 9.17) is 0 Å². The van der Waals surface area contributed by atoms with Gasteiger partial charge < -0.3 is 0 Å². The average Bonchev–Trinajstić information content (AvgIpc) is 3.01. The quantitative estimate of drug-likeness (QED) is 0.523. The average molecular weight is 516 g/mol. The van der Waals surface area contributed by atoms with Gasteiger partial charge in [-0.05, 0) is 43.5 Å². The highest BCUT2D eigenvalue weighted by Gasteiger charge is 2.56. The summed E-state index contributed by atoms with van der Waals surface area (Å²) in [6.45, 7) is 1.83. The third-order valence-corrected chi connectivity index (χ3v) is 9.07. The second-order valence-corrected chi connectivity index (χ2v) is 11.1. The van der Waals surface area contributed by atoms with E-state index in [0.717, 1.165) is 34.8 Å². The maximum atomic E-state index is 13.5. The third-order valence-electron chi connectivity index (χ3n) is 6.16. The lowest BCUT2D eigenvalue weighted by Crippen LogP contribution is -2.43. The first-order chi connectivity index (χ1) is 14.5. The molecule has 166 valence electrons. The zero-order chi connectivity index (χ0) is 22.6. The van der Waals surface area contributed by atoms with Gasteiger partial charge in [0.2, 0.25) is 5.91 Å². The smallest absolute Gasteiger partial charge is 0.273 e. The molecule has 1 amide bonds. The van der Waals surface area contributed by atoms with Gasteiger partial charge in [0.1, 0.15) is 0 Å². The van der Waals surface area contributed by atoms with E-state index in [0.29, 0.717) is 6.42 Å². The summed E-state index contributed by atoms with van der Waals surface area (Å²) in [6, 6.07) is 10.3. The van der Waals surface area contributed by atoms with Crippen LogP contribution < -0.4 is 0 Å². The summed E-state index contributed by atoms with van der Waals surface area (Å²) in [5.41, 5.74) is 0.225. The number of halogens is 4. The van der Waals surface area contributed by atoms with Crippen molar-refractivity contribution in [2.75, 3.05) is 0 Å². The molecular formula is C22H21BrF3NO3S. The van der Waals surface area contributed by atoms with Crippen LogP contribution in [-0.4, -0.2) is 29.5 Å². The van der Waals surface area contributed by atoms with Crippen LogP contribution >= 0.6 is 15.9 Å². The Labute approximate surface area is 187 Å². The second kappa shape index (κ2) is 7.92. The molecule has 1 saturated carbocycles. The van der Waals surface area contributed by atoms with E-state index in [2.05, 4.69) is 15.9 Å². The largest absolute Gasteiger partial charge is 0.416 e. The van der Waals surface area contributed by atoms with Crippen LogP contribution in [0.4, 0.5) is 13.2 Å². The van der Waals surface area contributed by atoms with Crippen molar-refractivity contribution >= 4 is 31.9 Å². The highest BCUT2D eigenvalue weighted by Crippen LogP contribution is 2.50. The van der Waals surface area contributed by atoms with Crippen molar-refractivity contribution in [3.8, 4) is 0 Å². The summed E-state index contributed by atoms with van der Waals surface area (Å²) in [4.78, 5) is 13.3. The molecular weight excluding hydrogens is 495 g/mol. The second-order valence-electron chi connectivity index (χ2n) is 8.14. The molecule has 2 fully saturated rings. The maximum absolute atomic E-state index is 13.5. The van der Waals surface area contributed by atoms with Gasteiger partial charge in [0.15, 0.2) is 0 Å². The number of carbonyl (C=O) groups excluding carboxylic acids is 1. The fraction of sp³-hybridized carbons (Fsp3) is 0.409. The number of nitrogens with zero attached hydrogens (tertiary/aromatic N) is 1. The van der Waals surface area contributed by atoms with Crippen molar-refractivity contribution in [3.05, 3.63) is 65.2 Å². The Kier molecular flexibility index (Phi) is 5.70. The Morgan fingerprint density at radius 2 is 1.74 bits per heavy atom. The first-order valence-electron chi connectivity index (χ1n) is 9.98. The van der Waals surface area contributed by atoms with Gasteiger partial charge in [0.25, 0.3) is 10.0 Å². The molecule has 0 unspecified atom stereocenters. The van der Waals surface area contributed by atoms with E-state index >= 15 is 0 Å². The first kappa shape index (κ1) is 22.3. The molecule has 4 rings (SSSR count). The third kappa shape index (κ3) is 3.91. The van der Waals surface area contributed by atoms with Gasteiger partial charge in [-0.1, -0.05) is 58.2 Å². The summed E-state index contributed by atoms with van der Waals surface area (Å²) in [6.07, 6.45) is -2.62. The molecule has 1 heterocycles. The molecule has 2 aliphatic rings. The molecule has 2 aromatic rings. The minimum absolute atomic E-state index is 0.00610. The fourth-order valence-corrected chi connectivity index (χ4v) is 7.35. The standard InChI is InChI=1S/C22H21BrF3NO3S/c1-13-8-10-16(11-9-13)31(29,30)27-18-7-3-6-17(23)20(18)19(21(27)28)14-4-2-5-15(12-14)22(24,25)26/h2,4-5,8-12,17-20H,3,6-7H2,1H3/t17-,18-,19-,20+/m1/s1. The minimum Gasteiger partial charge on any atom is -0.273 e. The Hall–Kier alpha value is -1.87. The van der Waals surface area contributed by atoms with Crippen molar-refractivity contribution in [1.29, 1.82) is 0 Å². The molecule has 1 aliphatic heterocycles. The van der Waals surface area contributed by atoms with Gasteiger partial charge >= 0.3 is 6.18 Å². The number of hydrogen-bond donors (Lipinski definition) is 0.